The van der Waals surface area contributed by atoms with Crippen molar-refractivity contribution in [2.75, 3.05) is 13.1 Å². The average Bonchev–Trinajstić information content (AvgIpc) is 2.23. The third-order valence-corrected chi connectivity index (χ3v) is 3.02. The summed E-state index contributed by atoms with van der Waals surface area (Å²) in [7, 11) is 0. The monoisotopic (exact) mass is 211 g/mol. The molecule has 15 heavy (non-hydrogen) atoms. The first-order chi connectivity index (χ1) is 6.96. The third kappa shape index (κ3) is 5.76. The highest BCUT2D eigenvalue weighted by molar-refractivity contribution is 5.00. The Labute approximate surface area is 94.2 Å². The van der Waals surface area contributed by atoms with Crippen molar-refractivity contribution in [1.82, 2.24) is 4.90 Å². The van der Waals surface area contributed by atoms with Crippen LogP contribution < -0.4 is 5.73 Å². The standard InChI is InChI=1S/C12H25N3/c1-5-11(3)15(6-2)9-7-8-12(4,14)10-13/h11H,5-9,14H2,1-4H3. The molecule has 0 aliphatic carbocycles. The van der Waals surface area contributed by atoms with Gasteiger partial charge in [-0.3, -0.25) is 0 Å². The number of nitrogens with zero attached hydrogens (tertiary/aromatic N) is 2. The van der Waals surface area contributed by atoms with E-state index in [0.717, 1.165) is 25.9 Å². The summed E-state index contributed by atoms with van der Waals surface area (Å²) >= 11 is 0. The maximum atomic E-state index is 8.78. The molecule has 0 aromatic rings. The second kappa shape index (κ2) is 6.81. The first-order valence-corrected chi connectivity index (χ1v) is 5.91. The summed E-state index contributed by atoms with van der Waals surface area (Å²) in [5, 5.41) is 8.78. The van der Waals surface area contributed by atoms with Gasteiger partial charge in [0.1, 0.15) is 5.54 Å². The molecule has 88 valence electrons. The van der Waals surface area contributed by atoms with Crippen LogP contribution in [0.1, 0.15) is 47.0 Å². The van der Waals surface area contributed by atoms with Crippen LogP contribution in [0.3, 0.4) is 0 Å². The van der Waals surface area contributed by atoms with E-state index in [9.17, 15) is 0 Å². The highest BCUT2D eigenvalue weighted by Gasteiger charge is 2.17. The number of nitrogens with two attached hydrogens (primary N) is 1. The second-order valence-corrected chi connectivity index (χ2v) is 4.52. The molecule has 2 unspecified atom stereocenters. The molecular weight excluding hydrogens is 186 g/mol. The van der Waals surface area contributed by atoms with Gasteiger partial charge < -0.3 is 10.6 Å². The Morgan fingerprint density at radius 2 is 2.07 bits per heavy atom. The van der Waals surface area contributed by atoms with E-state index >= 15 is 0 Å². The molecule has 0 saturated heterocycles. The molecule has 0 radical (unpaired) electrons. The molecule has 0 fully saturated rings. The van der Waals surface area contributed by atoms with E-state index in [-0.39, 0.29) is 0 Å². The quantitative estimate of drug-likeness (QED) is 0.702. The Balaban J connectivity index is 3.88. The van der Waals surface area contributed by atoms with E-state index in [1.54, 1.807) is 6.92 Å². The first-order valence-electron chi connectivity index (χ1n) is 5.91. The van der Waals surface area contributed by atoms with Gasteiger partial charge in [-0.15, -0.1) is 0 Å². The van der Waals surface area contributed by atoms with Crippen LogP contribution in [-0.2, 0) is 0 Å². The van der Waals surface area contributed by atoms with Gasteiger partial charge in [-0.25, -0.2) is 0 Å². The van der Waals surface area contributed by atoms with Crippen molar-refractivity contribution in [3.63, 3.8) is 0 Å². The van der Waals surface area contributed by atoms with Crippen LogP contribution in [0.2, 0.25) is 0 Å². The third-order valence-electron chi connectivity index (χ3n) is 3.02. The van der Waals surface area contributed by atoms with Crippen molar-refractivity contribution < 1.29 is 0 Å². The molecule has 0 amide bonds. The maximum absolute atomic E-state index is 8.78. The minimum absolute atomic E-state index is 0.626. The molecular formula is C12H25N3. The van der Waals surface area contributed by atoms with Crippen LogP contribution >= 0.6 is 0 Å². The summed E-state index contributed by atoms with van der Waals surface area (Å²) in [6.07, 6.45) is 2.95. The van der Waals surface area contributed by atoms with E-state index in [1.165, 1.54) is 6.42 Å². The Morgan fingerprint density at radius 1 is 1.47 bits per heavy atom. The lowest BCUT2D eigenvalue weighted by Crippen LogP contribution is -2.37. The fraction of sp³-hybridized carbons (Fsp3) is 0.917. The van der Waals surface area contributed by atoms with E-state index in [2.05, 4.69) is 31.7 Å². The first kappa shape index (κ1) is 14.4. The Morgan fingerprint density at radius 3 is 2.47 bits per heavy atom. The molecule has 0 rings (SSSR count). The molecule has 0 aliphatic rings. The van der Waals surface area contributed by atoms with E-state index < -0.39 is 5.54 Å². The second-order valence-electron chi connectivity index (χ2n) is 4.52. The molecule has 0 spiro atoms. The molecule has 0 heterocycles. The lowest BCUT2D eigenvalue weighted by atomic mass is 9.99. The molecule has 0 aromatic carbocycles. The van der Waals surface area contributed by atoms with Gasteiger partial charge in [-0.2, -0.15) is 5.26 Å². The van der Waals surface area contributed by atoms with E-state index in [0.29, 0.717) is 6.04 Å². The SMILES string of the molecule is CCC(C)N(CC)CCCC(C)(N)C#N. The zero-order valence-electron chi connectivity index (χ0n) is 10.6. The predicted molar refractivity (Wildman–Crippen MR) is 64.4 cm³/mol. The molecule has 2 N–H and O–H groups in total. The minimum Gasteiger partial charge on any atom is -0.314 e. The lowest BCUT2D eigenvalue weighted by Gasteiger charge is -2.27. The average molecular weight is 211 g/mol. The number of rotatable bonds is 7. The smallest absolute Gasteiger partial charge is 0.101 e. The fourth-order valence-electron chi connectivity index (χ4n) is 1.65. The van der Waals surface area contributed by atoms with Crippen LogP contribution in [0.25, 0.3) is 0 Å². The van der Waals surface area contributed by atoms with Gasteiger partial charge >= 0.3 is 0 Å². The van der Waals surface area contributed by atoms with Gasteiger partial charge in [0.05, 0.1) is 6.07 Å². The predicted octanol–water partition coefficient (Wildman–Crippen LogP) is 2.13. The van der Waals surface area contributed by atoms with Crippen LogP contribution in [0.4, 0.5) is 0 Å². The molecule has 0 saturated carbocycles. The van der Waals surface area contributed by atoms with Crippen molar-refractivity contribution >= 4 is 0 Å². The summed E-state index contributed by atoms with van der Waals surface area (Å²) in [6, 6.07) is 2.76. The van der Waals surface area contributed by atoms with Gasteiger partial charge in [0.25, 0.3) is 0 Å². The number of nitriles is 1. The fourth-order valence-corrected chi connectivity index (χ4v) is 1.65. The summed E-state index contributed by atoms with van der Waals surface area (Å²) < 4.78 is 0. The summed E-state index contributed by atoms with van der Waals surface area (Å²) in [6.45, 7) is 10.5. The van der Waals surface area contributed by atoms with Gasteiger partial charge in [-0.05, 0) is 46.2 Å². The molecule has 3 nitrogen and oxygen atoms in total. The largest absolute Gasteiger partial charge is 0.314 e. The molecule has 0 aromatic heterocycles. The van der Waals surface area contributed by atoms with Gasteiger partial charge in [0, 0.05) is 6.04 Å². The maximum Gasteiger partial charge on any atom is 0.101 e. The van der Waals surface area contributed by atoms with Crippen LogP contribution in [0.5, 0.6) is 0 Å². The Hall–Kier alpha value is -0.590. The zero-order chi connectivity index (χ0) is 11.9. The van der Waals surface area contributed by atoms with Crippen molar-refractivity contribution in [2.45, 2.75) is 58.5 Å². The molecule has 0 aliphatic heterocycles. The van der Waals surface area contributed by atoms with Gasteiger partial charge in [-0.1, -0.05) is 13.8 Å². The topological polar surface area (TPSA) is 53.0 Å². The Bertz CT molecular complexity index is 205. The van der Waals surface area contributed by atoms with Gasteiger partial charge in [0.2, 0.25) is 0 Å². The van der Waals surface area contributed by atoms with E-state index in [1.807, 2.05) is 0 Å². The minimum atomic E-state index is -0.658. The zero-order valence-corrected chi connectivity index (χ0v) is 10.6. The number of hydrogen-bond acceptors (Lipinski definition) is 3. The van der Waals surface area contributed by atoms with Crippen LogP contribution in [0.15, 0.2) is 0 Å². The highest BCUT2D eigenvalue weighted by Crippen LogP contribution is 2.10. The summed E-state index contributed by atoms with van der Waals surface area (Å²) in [4.78, 5) is 2.44. The normalized spacial score (nSPS) is 17.1. The Kier molecular flexibility index (Phi) is 6.55. The molecule has 2 atom stereocenters. The van der Waals surface area contributed by atoms with Crippen molar-refractivity contribution in [3.05, 3.63) is 0 Å². The van der Waals surface area contributed by atoms with Crippen LogP contribution in [-0.4, -0.2) is 29.6 Å². The summed E-state index contributed by atoms with van der Waals surface area (Å²) in [5.41, 5.74) is 5.11. The summed E-state index contributed by atoms with van der Waals surface area (Å²) in [5.74, 6) is 0. The van der Waals surface area contributed by atoms with Crippen molar-refractivity contribution in [3.8, 4) is 6.07 Å². The molecule has 0 bridgehead atoms. The van der Waals surface area contributed by atoms with Crippen molar-refractivity contribution in [1.29, 1.82) is 5.26 Å². The van der Waals surface area contributed by atoms with Gasteiger partial charge in [0.15, 0.2) is 0 Å². The number of hydrogen-bond donors (Lipinski definition) is 1. The van der Waals surface area contributed by atoms with Crippen LogP contribution in [0, 0.1) is 11.3 Å². The molecule has 3 heteroatoms. The van der Waals surface area contributed by atoms with E-state index in [4.69, 9.17) is 11.0 Å². The highest BCUT2D eigenvalue weighted by atomic mass is 15.1. The lowest BCUT2D eigenvalue weighted by molar-refractivity contribution is 0.207. The van der Waals surface area contributed by atoms with Crippen molar-refractivity contribution in [2.24, 2.45) is 5.73 Å².